The summed E-state index contributed by atoms with van der Waals surface area (Å²) in [4.78, 5) is 15.0. The molecule has 1 rings (SSSR count). The van der Waals surface area contributed by atoms with Gasteiger partial charge in [0.2, 0.25) is 0 Å². The molecule has 68 valence electrons. The first kappa shape index (κ1) is 8.83. The summed E-state index contributed by atoms with van der Waals surface area (Å²) in [5.41, 5.74) is 5.28. The van der Waals surface area contributed by atoms with E-state index >= 15 is 0 Å². The standard InChI is InChI=1S/C7H14N4O/c1-7(2,3)4-9-5(8)11-6(12)10-4/h4H,1-3H3,(H4,8,9,10,11,12). The number of hydrogen-bond donors (Lipinski definition) is 3. The van der Waals surface area contributed by atoms with Gasteiger partial charge in [-0.1, -0.05) is 20.8 Å². The number of nitrogens with one attached hydrogen (secondary N) is 2. The Hall–Kier alpha value is -1.26. The third-order valence-corrected chi connectivity index (χ3v) is 1.60. The van der Waals surface area contributed by atoms with Crippen LogP contribution in [0.25, 0.3) is 0 Å². The molecule has 0 radical (unpaired) electrons. The van der Waals surface area contributed by atoms with E-state index in [9.17, 15) is 4.79 Å². The third-order valence-electron chi connectivity index (χ3n) is 1.60. The summed E-state index contributed by atoms with van der Waals surface area (Å²) in [6, 6.07) is -0.289. The van der Waals surface area contributed by atoms with Gasteiger partial charge in [-0.3, -0.25) is 5.32 Å². The molecule has 1 unspecified atom stereocenters. The van der Waals surface area contributed by atoms with Gasteiger partial charge < -0.3 is 11.1 Å². The first-order chi connectivity index (χ1) is 5.39. The van der Waals surface area contributed by atoms with E-state index in [2.05, 4.69) is 15.6 Å². The molecule has 5 heteroatoms. The molecule has 0 bridgehead atoms. The summed E-state index contributed by atoms with van der Waals surface area (Å²) in [6.07, 6.45) is -0.244. The van der Waals surface area contributed by atoms with Crippen LogP contribution >= 0.6 is 0 Å². The van der Waals surface area contributed by atoms with Gasteiger partial charge in [0.25, 0.3) is 0 Å². The lowest BCUT2D eigenvalue weighted by Crippen LogP contribution is -2.56. The number of urea groups is 1. The minimum Gasteiger partial charge on any atom is -0.370 e. The predicted octanol–water partition coefficient (Wildman–Crippen LogP) is -0.0139. The van der Waals surface area contributed by atoms with Gasteiger partial charge in [0.05, 0.1) is 0 Å². The Bertz CT molecular complexity index is 228. The van der Waals surface area contributed by atoms with Crippen molar-refractivity contribution in [3.63, 3.8) is 0 Å². The molecule has 0 spiro atoms. The van der Waals surface area contributed by atoms with Gasteiger partial charge in [-0.2, -0.15) is 0 Å². The minimum absolute atomic E-state index is 0.109. The largest absolute Gasteiger partial charge is 0.370 e. The maximum absolute atomic E-state index is 10.9. The second kappa shape index (κ2) is 2.66. The fraction of sp³-hybridized carbons (Fsp3) is 0.714. The van der Waals surface area contributed by atoms with Crippen molar-refractivity contribution in [2.75, 3.05) is 0 Å². The van der Waals surface area contributed by atoms with E-state index < -0.39 is 0 Å². The average Bonchev–Trinajstić information content (AvgIpc) is 1.82. The Morgan fingerprint density at radius 1 is 1.50 bits per heavy atom. The second-order valence-electron chi connectivity index (χ2n) is 3.88. The van der Waals surface area contributed by atoms with E-state index in [1.54, 1.807) is 0 Å². The summed E-state index contributed by atoms with van der Waals surface area (Å²) in [5.74, 6) is 0.179. The fourth-order valence-corrected chi connectivity index (χ4v) is 0.890. The van der Waals surface area contributed by atoms with Gasteiger partial charge in [0.15, 0.2) is 5.96 Å². The molecule has 1 heterocycles. The van der Waals surface area contributed by atoms with Crippen molar-refractivity contribution in [3.05, 3.63) is 0 Å². The van der Waals surface area contributed by atoms with Gasteiger partial charge in [0.1, 0.15) is 6.17 Å². The molecular weight excluding hydrogens is 156 g/mol. The number of nitrogens with two attached hydrogens (primary N) is 1. The summed E-state index contributed by atoms with van der Waals surface area (Å²) < 4.78 is 0. The lowest BCUT2D eigenvalue weighted by Gasteiger charge is -2.31. The van der Waals surface area contributed by atoms with Crippen molar-refractivity contribution in [1.29, 1.82) is 0 Å². The Balaban J connectivity index is 2.80. The third kappa shape index (κ3) is 1.87. The van der Waals surface area contributed by atoms with Crippen LogP contribution in [-0.2, 0) is 0 Å². The van der Waals surface area contributed by atoms with Crippen LogP contribution in [0.15, 0.2) is 4.99 Å². The highest BCUT2D eigenvalue weighted by Crippen LogP contribution is 2.20. The van der Waals surface area contributed by atoms with E-state index in [0.717, 1.165) is 0 Å². The van der Waals surface area contributed by atoms with Crippen LogP contribution in [0.2, 0.25) is 0 Å². The minimum atomic E-state index is -0.289. The molecule has 4 N–H and O–H groups in total. The lowest BCUT2D eigenvalue weighted by atomic mass is 9.92. The smallest absolute Gasteiger partial charge is 0.323 e. The zero-order chi connectivity index (χ0) is 9.35. The van der Waals surface area contributed by atoms with Crippen LogP contribution in [0.3, 0.4) is 0 Å². The van der Waals surface area contributed by atoms with Crippen molar-refractivity contribution in [2.24, 2.45) is 16.1 Å². The highest BCUT2D eigenvalue weighted by molar-refractivity contribution is 5.97. The van der Waals surface area contributed by atoms with E-state index in [1.165, 1.54) is 0 Å². The summed E-state index contributed by atoms with van der Waals surface area (Å²) >= 11 is 0. The Morgan fingerprint density at radius 3 is 2.50 bits per heavy atom. The number of carbonyl (C=O) groups excluding carboxylic acids is 1. The maximum Gasteiger partial charge on any atom is 0.323 e. The zero-order valence-electron chi connectivity index (χ0n) is 7.51. The molecule has 5 nitrogen and oxygen atoms in total. The lowest BCUT2D eigenvalue weighted by molar-refractivity contribution is 0.219. The normalized spacial score (nSPS) is 24.1. The number of rotatable bonds is 0. The molecule has 0 saturated heterocycles. The summed E-state index contributed by atoms with van der Waals surface area (Å²) in [6.45, 7) is 5.96. The molecule has 2 amide bonds. The molecule has 0 fully saturated rings. The Labute approximate surface area is 71.4 Å². The van der Waals surface area contributed by atoms with Crippen LogP contribution in [0, 0.1) is 5.41 Å². The summed E-state index contributed by atoms with van der Waals surface area (Å²) in [5, 5.41) is 5.03. The quantitative estimate of drug-likeness (QED) is 0.478. The number of aliphatic imine (C=N–C) groups is 1. The van der Waals surface area contributed by atoms with Crippen molar-refractivity contribution < 1.29 is 4.79 Å². The highest BCUT2D eigenvalue weighted by Gasteiger charge is 2.28. The Morgan fingerprint density at radius 2 is 2.08 bits per heavy atom. The van der Waals surface area contributed by atoms with Gasteiger partial charge >= 0.3 is 6.03 Å². The molecule has 0 aliphatic carbocycles. The van der Waals surface area contributed by atoms with E-state index in [0.29, 0.717) is 0 Å². The SMILES string of the molecule is CC(C)(C)C1N=C(N)NC(=O)N1. The Kier molecular flexibility index (Phi) is 1.95. The monoisotopic (exact) mass is 170 g/mol. The topological polar surface area (TPSA) is 79.5 Å². The number of nitrogens with zero attached hydrogens (tertiary/aromatic N) is 1. The van der Waals surface area contributed by atoms with Crippen LogP contribution in [0.5, 0.6) is 0 Å². The van der Waals surface area contributed by atoms with Crippen molar-refractivity contribution in [1.82, 2.24) is 10.6 Å². The fourth-order valence-electron chi connectivity index (χ4n) is 0.890. The molecule has 1 atom stereocenters. The van der Waals surface area contributed by atoms with Gasteiger partial charge in [-0.15, -0.1) is 0 Å². The van der Waals surface area contributed by atoms with Gasteiger partial charge in [-0.05, 0) is 0 Å². The molecule has 0 aromatic rings. The summed E-state index contributed by atoms with van der Waals surface area (Å²) in [7, 11) is 0. The predicted molar refractivity (Wildman–Crippen MR) is 46.5 cm³/mol. The first-order valence-electron chi connectivity index (χ1n) is 3.80. The van der Waals surface area contributed by atoms with E-state index in [4.69, 9.17) is 5.73 Å². The molecule has 1 aliphatic heterocycles. The second-order valence-corrected chi connectivity index (χ2v) is 3.88. The van der Waals surface area contributed by atoms with Gasteiger partial charge in [-0.25, -0.2) is 9.79 Å². The average molecular weight is 170 g/mol. The molecule has 1 aliphatic rings. The molecular formula is C7H14N4O. The molecule has 0 aromatic carbocycles. The van der Waals surface area contributed by atoms with Crippen LogP contribution in [0.4, 0.5) is 4.79 Å². The molecule has 0 saturated carbocycles. The highest BCUT2D eigenvalue weighted by atomic mass is 16.2. The number of carbonyl (C=O) groups is 1. The van der Waals surface area contributed by atoms with Crippen LogP contribution < -0.4 is 16.4 Å². The number of amides is 2. The number of guanidine groups is 1. The van der Waals surface area contributed by atoms with Crippen molar-refractivity contribution in [2.45, 2.75) is 26.9 Å². The van der Waals surface area contributed by atoms with Crippen molar-refractivity contribution >= 4 is 12.0 Å². The van der Waals surface area contributed by atoms with Gasteiger partial charge in [0, 0.05) is 5.41 Å². The van der Waals surface area contributed by atoms with E-state index in [1.807, 2.05) is 20.8 Å². The molecule has 12 heavy (non-hydrogen) atoms. The van der Waals surface area contributed by atoms with Crippen molar-refractivity contribution in [3.8, 4) is 0 Å². The number of hydrogen-bond acceptors (Lipinski definition) is 3. The van der Waals surface area contributed by atoms with Crippen LogP contribution in [0.1, 0.15) is 20.8 Å². The maximum atomic E-state index is 10.9. The van der Waals surface area contributed by atoms with Crippen LogP contribution in [-0.4, -0.2) is 18.2 Å². The zero-order valence-corrected chi connectivity index (χ0v) is 7.51. The van der Waals surface area contributed by atoms with E-state index in [-0.39, 0.29) is 23.6 Å². The first-order valence-corrected chi connectivity index (χ1v) is 3.80. The molecule has 0 aromatic heterocycles.